The predicted octanol–water partition coefficient (Wildman–Crippen LogP) is 2.80. The second kappa shape index (κ2) is 14.4. The number of aliphatic hydroxyl groups is 2. The maximum atomic E-state index is 12.6. The standard InChI is InChI=1S/C20H28F3N3O5.C6H6/c1-3-25(2)19(30)17(28)16(27)18(29)24-12-13-8-10-26(11-9-13)14-6-4-5-7-15(14)31-20(21,22)23;1-2-4-6-5-3-1/h4-7,13,16-17,27-28H,3,8-12H2,1-2H3,(H,24,29);1-6H. The van der Waals surface area contributed by atoms with E-state index >= 15 is 0 Å². The molecule has 1 saturated heterocycles. The minimum Gasteiger partial charge on any atom is -0.404 e. The molecule has 2 aromatic rings. The maximum absolute atomic E-state index is 12.6. The number of nitrogens with one attached hydrogen (secondary N) is 1. The van der Waals surface area contributed by atoms with Gasteiger partial charge in [-0.1, -0.05) is 48.5 Å². The van der Waals surface area contributed by atoms with Crippen molar-refractivity contribution in [3.63, 3.8) is 0 Å². The molecule has 0 saturated carbocycles. The Labute approximate surface area is 214 Å². The van der Waals surface area contributed by atoms with Crippen LogP contribution in [0.5, 0.6) is 5.75 Å². The molecule has 1 aliphatic heterocycles. The number of ether oxygens (including phenoxy) is 1. The summed E-state index contributed by atoms with van der Waals surface area (Å²) < 4.78 is 42.0. The van der Waals surface area contributed by atoms with Gasteiger partial charge in [0.1, 0.15) is 0 Å². The number of aliphatic hydroxyl groups excluding tert-OH is 2. The Hall–Kier alpha value is -3.31. The average Bonchev–Trinajstić information content (AvgIpc) is 2.91. The number of carbonyl (C=O) groups excluding carboxylic acids is 2. The van der Waals surface area contributed by atoms with E-state index in [1.165, 1.54) is 24.1 Å². The quantitative estimate of drug-likeness (QED) is 0.490. The number of hydrogen-bond acceptors (Lipinski definition) is 6. The van der Waals surface area contributed by atoms with Crippen molar-refractivity contribution < 1.29 is 37.7 Å². The summed E-state index contributed by atoms with van der Waals surface area (Å²) in [4.78, 5) is 26.9. The Balaban J connectivity index is 0.000000700. The highest BCUT2D eigenvalue weighted by molar-refractivity contribution is 5.90. The highest BCUT2D eigenvalue weighted by Crippen LogP contribution is 2.34. The Morgan fingerprint density at radius 3 is 2.08 bits per heavy atom. The smallest absolute Gasteiger partial charge is 0.404 e. The molecule has 2 amide bonds. The number of nitrogens with zero attached hydrogens (tertiary/aromatic N) is 2. The summed E-state index contributed by atoms with van der Waals surface area (Å²) in [5, 5.41) is 22.3. The number of piperidine rings is 1. The van der Waals surface area contributed by atoms with Crippen LogP contribution in [0.15, 0.2) is 60.7 Å². The second-order valence-corrected chi connectivity index (χ2v) is 8.59. The third-order valence-electron chi connectivity index (χ3n) is 5.95. The maximum Gasteiger partial charge on any atom is 0.573 e. The molecule has 8 nitrogen and oxygen atoms in total. The van der Waals surface area contributed by atoms with Gasteiger partial charge in [0.25, 0.3) is 11.8 Å². The van der Waals surface area contributed by atoms with Crippen LogP contribution in [-0.2, 0) is 9.59 Å². The van der Waals surface area contributed by atoms with E-state index < -0.39 is 30.4 Å². The fourth-order valence-corrected chi connectivity index (χ4v) is 3.70. The van der Waals surface area contributed by atoms with E-state index in [9.17, 15) is 33.0 Å². The molecular weight excluding hydrogens is 491 g/mol. The first-order valence-corrected chi connectivity index (χ1v) is 12.0. The van der Waals surface area contributed by atoms with Crippen molar-refractivity contribution in [3.8, 4) is 5.75 Å². The number of rotatable bonds is 8. The highest BCUT2D eigenvalue weighted by atomic mass is 19.4. The van der Waals surface area contributed by atoms with Crippen LogP contribution < -0.4 is 15.0 Å². The van der Waals surface area contributed by atoms with Gasteiger partial charge in [0.05, 0.1) is 5.69 Å². The van der Waals surface area contributed by atoms with Gasteiger partial charge in [0.15, 0.2) is 18.0 Å². The van der Waals surface area contributed by atoms with E-state index in [0.29, 0.717) is 38.2 Å². The molecule has 0 aromatic heterocycles. The zero-order chi connectivity index (χ0) is 27.4. The van der Waals surface area contributed by atoms with E-state index in [0.717, 1.165) is 0 Å². The zero-order valence-corrected chi connectivity index (χ0v) is 20.9. The molecule has 1 fully saturated rings. The summed E-state index contributed by atoms with van der Waals surface area (Å²) >= 11 is 0. The number of likely N-dealkylation sites (N-methyl/N-ethyl adjacent to an activating group) is 1. The summed E-state index contributed by atoms with van der Waals surface area (Å²) in [6.45, 7) is 3.15. The van der Waals surface area contributed by atoms with Gasteiger partial charge in [-0.25, -0.2) is 0 Å². The van der Waals surface area contributed by atoms with Crippen LogP contribution >= 0.6 is 0 Å². The van der Waals surface area contributed by atoms with Crippen molar-refractivity contribution in [2.24, 2.45) is 5.92 Å². The van der Waals surface area contributed by atoms with Gasteiger partial charge in [-0.05, 0) is 37.8 Å². The summed E-state index contributed by atoms with van der Waals surface area (Å²) in [7, 11) is 1.45. The van der Waals surface area contributed by atoms with Gasteiger partial charge < -0.3 is 30.1 Å². The molecule has 0 radical (unpaired) electrons. The first-order chi connectivity index (χ1) is 17.5. The first-order valence-electron chi connectivity index (χ1n) is 12.0. The van der Waals surface area contributed by atoms with Crippen LogP contribution in [0.3, 0.4) is 0 Å². The molecule has 1 heterocycles. The minimum absolute atomic E-state index is 0.0363. The van der Waals surface area contributed by atoms with Crippen LogP contribution in [0.2, 0.25) is 0 Å². The summed E-state index contributed by atoms with van der Waals surface area (Å²) in [5.41, 5.74) is 0.347. The topological polar surface area (TPSA) is 102 Å². The zero-order valence-electron chi connectivity index (χ0n) is 20.9. The number of amides is 2. The van der Waals surface area contributed by atoms with Crippen LogP contribution in [0.4, 0.5) is 18.9 Å². The first kappa shape index (κ1) is 29.9. The highest BCUT2D eigenvalue weighted by Gasteiger charge is 2.34. The van der Waals surface area contributed by atoms with E-state index in [-0.39, 0.29) is 18.2 Å². The number of carbonyl (C=O) groups is 2. The average molecular weight is 526 g/mol. The number of benzene rings is 2. The van der Waals surface area contributed by atoms with Crippen LogP contribution in [0, 0.1) is 5.92 Å². The number of anilines is 1. The molecule has 1 aliphatic rings. The second-order valence-electron chi connectivity index (χ2n) is 8.59. The molecule has 2 atom stereocenters. The third kappa shape index (κ3) is 9.93. The molecule has 3 rings (SSSR count). The van der Waals surface area contributed by atoms with Crippen molar-refractivity contribution in [1.29, 1.82) is 0 Å². The molecule has 204 valence electrons. The molecule has 37 heavy (non-hydrogen) atoms. The molecule has 11 heteroatoms. The van der Waals surface area contributed by atoms with E-state index in [4.69, 9.17) is 0 Å². The van der Waals surface area contributed by atoms with Gasteiger partial charge in [-0.15, -0.1) is 13.2 Å². The van der Waals surface area contributed by atoms with Crippen molar-refractivity contribution in [3.05, 3.63) is 60.7 Å². The van der Waals surface area contributed by atoms with E-state index in [2.05, 4.69) is 10.1 Å². The van der Waals surface area contributed by atoms with Gasteiger partial charge in [-0.3, -0.25) is 9.59 Å². The molecule has 2 aromatic carbocycles. The molecular formula is C26H34F3N3O5. The summed E-state index contributed by atoms with van der Waals surface area (Å²) in [6, 6.07) is 17.9. The summed E-state index contributed by atoms with van der Waals surface area (Å²) in [6.07, 6.45) is -7.32. The third-order valence-corrected chi connectivity index (χ3v) is 5.95. The fourth-order valence-electron chi connectivity index (χ4n) is 3.70. The van der Waals surface area contributed by atoms with Crippen molar-refractivity contribution >= 4 is 17.5 Å². The van der Waals surface area contributed by atoms with Crippen molar-refractivity contribution in [2.75, 3.05) is 38.1 Å². The lowest BCUT2D eigenvalue weighted by Crippen LogP contribution is -2.50. The molecule has 0 aliphatic carbocycles. The van der Waals surface area contributed by atoms with Gasteiger partial charge in [0.2, 0.25) is 0 Å². The van der Waals surface area contributed by atoms with Crippen molar-refractivity contribution in [2.45, 2.75) is 38.3 Å². The van der Waals surface area contributed by atoms with Crippen LogP contribution in [-0.4, -0.2) is 78.7 Å². The minimum atomic E-state index is -4.78. The van der Waals surface area contributed by atoms with Gasteiger partial charge >= 0.3 is 6.36 Å². The lowest BCUT2D eigenvalue weighted by atomic mass is 9.96. The Morgan fingerprint density at radius 2 is 1.57 bits per heavy atom. The van der Waals surface area contributed by atoms with E-state index in [1.54, 1.807) is 24.0 Å². The number of para-hydroxylation sites is 2. The number of alkyl halides is 3. The van der Waals surface area contributed by atoms with Crippen LogP contribution in [0.1, 0.15) is 19.8 Å². The normalized spacial score (nSPS) is 15.6. The van der Waals surface area contributed by atoms with Crippen LogP contribution in [0.25, 0.3) is 0 Å². The van der Waals surface area contributed by atoms with Gasteiger partial charge in [-0.2, -0.15) is 0 Å². The number of hydrogen-bond donors (Lipinski definition) is 3. The lowest BCUT2D eigenvalue weighted by Gasteiger charge is -2.34. The van der Waals surface area contributed by atoms with E-state index in [1.807, 2.05) is 36.4 Å². The molecule has 2 unspecified atom stereocenters. The molecule has 0 bridgehead atoms. The molecule has 3 N–H and O–H groups in total. The largest absolute Gasteiger partial charge is 0.573 e. The predicted molar refractivity (Wildman–Crippen MR) is 133 cm³/mol. The Kier molecular flexibility index (Phi) is 11.7. The lowest BCUT2D eigenvalue weighted by molar-refractivity contribution is -0.274. The molecule has 0 spiro atoms. The Morgan fingerprint density at radius 1 is 1.03 bits per heavy atom. The fraction of sp³-hybridized carbons (Fsp3) is 0.462. The van der Waals surface area contributed by atoms with Gasteiger partial charge in [0, 0.05) is 33.2 Å². The van der Waals surface area contributed by atoms with Crippen molar-refractivity contribution in [1.82, 2.24) is 10.2 Å². The number of halogens is 3. The Bertz CT molecular complexity index is 943. The SMILES string of the molecule is CCN(C)C(=O)C(O)C(O)C(=O)NCC1CCN(c2ccccc2OC(F)(F)F)CC1.c1ccccc1. The monoisotopic (exact) mass is 525 g/mol. The summed E-state index contributed by atoms with van der Waals surface area (Å²) in [5.74, 6) is -1.83.